The summed E-state index contributed by atoms with van der Waals surface area (Å²) in [6.45, 7) is 5.49. The first-order chi connectivity index (χ1) is 12.4. The number of likely N-dealkylation sites (tertiary alicyclic amines) is 1. The predicted octanol–water partition coefficient (Wildman–Crippen LogP) is 3.01. The van der Waals surface area contributed by atoms with Crippen LogP contribution in [-0.4, -0.2) is 38.9 Å². The summed E-state index contributed by atoms with van der Waals surface area (Å²) in [4.78, 5) is 14.7. The predicted molar refractivity (Wildman–Crippen MR) is 102 cm³/mol. The monoisotopic (exact) mass is 378 g/mol. The van der Waals surface area contributed by atoms with Crippen molar-refractivity contribution in [3.63, 3.8) is 0 Å². The van der Waals surface area contributed by atoms with Crippen molar-refractivity contribution in [2.75, 3.05) is 19.6 Å². The number of hydrogen-bond acceptors (Lipinski definition) is 3. The minimum absolute atomic E-state index is 0.0673. The minimum atomic E-state index is -3.58. The number of fused-ring (bicyclic) bond motifs is 1. The number of carbonyl (C=O) groups excluding carboxylic acids is 1. The fourth-order valence-electron chi connectivity index (χ4n) is 4.35. The molecule has 1 N–H and O–H groups in total. The molecule has 2 aliphatic rings. The summed E-state index contributed by atoms with van der Waals surface area (Å²) in [6, 6.07) is 5.38. The lowest BCUT2D eigenvalue weighted by Crippen LogP contribution is -2.45. The average Bonchev–Trinajstić information content (AvgIpc) is 2.63. The second-order valence-electron chi connectivity index (χ2n) is 7.85. The summed E-state index contributed by atoms with van der Waals surface area (Å²) >= 11 is 0. The molecule has 1 saturated heterocycles. The van der Waals surface area contributed by atoms with Gasteiger partial charge in [0.25, 0.3) is 0 Å². The summed E-state index contributed by atoms with van der Waals surface area (Å²) < 4.78 is 27.6. The van der Waals surface area contributed by atoms with E-state index in [4.69, 9.17) is 0 Å². The Balaban J connectivity index is 1.52. The lowest BCUT2D eigenvalue weighted by Gasteiger charge is -2.41. The SMILES string of the molecule is Cc1ccc(C)c(S(=O)(=O)NCCC(=O)N2CCC3CCCCC3C2)c1. The highest BCUT2D eigenvalue weighted by molar-refractivity contribution is 7.89. The summed E-state index contributed by atoms with van der Waals surface area (Å²) in [6.07, 6.45) is 6.47. The number of aryl methyl sites for hydroxylation is 2. The Labute approximate surface area is 157 Å². The molecule has 1 amide bonds. The van der Waals surface area contributed by atoms with Gasteiger partial charge in [0.15, 0.2) is 0 Å². The van der Waals surface area contributed by atoms with Crippen LogP contribution < -0.4 is 4.72 Å². The average molecular weight is 379 g/mol. The van der Waals surface area contributed by atoms with Crippen LogP contribution in [0, 0.1) is 25.7 Å². The molecule has 3 rings (SSSR count). The molecule has 26 heavy (non-hydrogen) atoms. The first-order valence-electron chi connectivity index (χ1n) is 9.71. The first kappa shape index (κ1) is 19.4. The van der Waals surface area contributed by atoms with Crippen LogP contribution in [0.5, 0.6) is 0 Å². The van der Waals surface area contributed by atoms with Gasteiger partial charge >= 0.3 is 0 Å². The van der Waals surface area contributed by atoms with Gasteiger partial charge in [-0.05, 0) is 55.7 Å². The Kier molecular flexibility index (Phi) is 6.03. The van der Waals surface area contributed by atoms with Crippen molar-refractivity contribution >= 4 is 15.9 Å². The topological polar surface area (TPSA) is 66.5 Å². The van der Waals surface area contributed by atoms with E-state index >= 15 is 0 Å². The fraction of sp³-hybridized carbons (Fsp3) is 0.650. The van der Waals surface area contributed by atoms with Gasteiger partial charge in [-0.2, -0.15) is 0 Å². The standard InChI is InChI=1S/C20H30N2O3S/c1-15-7-8-16(2)19(13-15)26(24,25)21-11-9-20(23)22-12-10-17-5-3-4-6-18(17)14-22/h7-8,13,17-18,21H,3-6,9-12,14H2,1-2H3. The highest BCUT2D eigenvalue weighted by Gasteiger charge is 2.32. The van der Waals surface area contributed by atoms with Gasteiger partial charge in [-0.3, -0.25) is 4.79 Å². The molecule has 5 nitrogen and oxygen atoms in total. The third kappa shape index (κ3) is 4.46. The van der Waals surface area contributed by atoms with E-state index in [-0.39, 0.29) is 18.9 Å². The van der Waals surface area contributed by atoms with Gasteiger partial charge < -0.3 is 4.90 Å². The number of nitrogens with zero attached hydrogens (tertiary/aromatic N) is 1. The molecular weight excluding hydrogens is 348 g/mol. The molecule has 1 aromatic carbocycles. The van der Waals surface area contributed by atoms with Crippen LogP contribution in [0.2, 0.25) is 0 Å². The molecule has 0 spiro atoms. The van der Waals surface area contributed by atoms with Crippen molar-refractivity contribution in [1.29, 1.82) is 0 Å². The smallest absolute Gasteiger partial charge is 0.240 e. The van der Waals surface area contributed by atoms with E-state index in [1.54, 1.807) is 13.0 Å². The van der Waals surface area contributed by atoms with Gasteiger partial charge in [0.05, 0.1) is 4.90 Å². The van der Waals surface area contributed by atoms with Crippen LogP contribution in [-0.2, 0) is 14.8 Å². The van der Waals surface area contributed by atoms with Crippen LogP contribution >= 0.6 is 0 Å². The third-order valence-electron chi connectivity index (χ3n) is 5.91. The number of amides is 1. The van der Waals surface area contributed by atoms with E-state index in [2.05, 4.69) is 4.72 Å². The number of nitrogens with one attached hydrogen (secondary N) is 1. The summed E-state index contributed by atoms with van der Waals surface area (Å²) in [5, 5.41) is 0. The van der Waals surface area contributed by atoms with Crippen molar-refractivity contribution < 1.29 is 13.2 Å². The molecule has 1 aromatic rings. The number of sulfonamides is 1. The number of benzene rings is 1. The van der Waals surface area contributed by atoms with Crippen molar-refractivity contribution in [2.45, 2.75) is 57.3 Å². The van der Waals surface area contributed by atoms with Gasteiger partial charge in [0.1, 0.15) is 0 Å². The minimum Gasteiger partial charge on any atom is -0.342 e. The molecule has 0 bridgehead atoms. The highest BCUT2D eigenvalue weighted by Crippen LogP contribution is 2.36. The summed E-state index contributed by atoms with van der Waals surface area (Å²) in [7, 11) is -3.58. The normalized spacial score (nSPS) is 23.5. The molecule has 1 heterocycles. The van der Waals surface area contributed by atoms with E-state index in [0.29, 0.717) is 16.4 Å². The molecule has 0 aromatic heterocycles. The molecule has 6 heteroatoms. The zero-order valence-corrected chi connectivity index (χ0v) is 16.6. The van der Waals surface area contributed by atoms with Crippen LogP contribution in [0.15, 0.2) is 23.1 Å². The maximum atomic E-state index is 12.5. The Morgan fingerprint density at radius 2 is 1.88 bits per heavy atom. The van der Waals surface area contributed by atoms with Gasteiger partial charge in [-0.15, -0.1) is 0 Å². The van der Waals surface area contributed by atoms with Crippen molar-refractivity contribution in [3.8, 4) is 0 Å². The van der Waals surface area contributed by atoms with Crippen molar-refractivity contribution in [3.05, 3.63) is 29.3 Å². The summed E-state index contributed by atoms with van der Waals surface area (Å²) in [5.74, 6) is 1.50. The van der Waals surface area contributed by atoms with Gasteiger partial charge in [-0.1, -0.05) is 31.4 Å². The quantitative estimate of drug-likeness (QED) is 0.856. The molecular formula is C20H30N2O3S. The van der Waals surface area contributed by atoms with Crippen molar-refractivity contribution in [1.82, 2.24) is 9.62 Å². The maximum absolute atomic E-state index is 12.5. The molecule has 2 fully saturated rings. The molecule has 2 atom stereocenters. The van der Waals surface area contributed by atoms with E-state index in [0.717, 1.165) is 31.0 Å². The van der Waals surface area contributed by atoms with Crippen LogP contribution in [0.4, 0.5) is 0 Å². The number of hydrogen-bond donors (Lipinski definition) is 1. The molecule has 2 unspecified atom stereocenters. The van der Waals surface area contributed by atoms with E-state index < -0.39 is 10.0 Å². The maximum Gasteiger partial charge on any atom is 0.240 e. The third-order valence-corrected chi connectivity index (χ3v) is 7.51. The van der Waals surface area contributed by atoms with Gasteiger partial charge in [0.2, 0.25) is 15.9 Å². The summed E-state index contributed by atoms with van der Waals surface area (Å²) in [5.41, 5.74) is 1.62. The number of carbonyl (C=O) groups is 1. The molecule has 0 radical (unpaired) electrons. The number of rotatable bonds is 5. The van der Waals surface area contributed by atoms with E-state index in [1.807, 2.05) is 24.0 Å². The number of piperidine rings is 1. The zero-order valence-electron chi connectivity index (χ0n) is 15.8. The highest BCUT2D eigenvalue weighted by atomic mass is 32.2. The molecule has 144 valence electrons. The van der Waals surface area contributed by atoms with Crippen LogP contribution in [0.3, 0.4) is 0 Å². The largest absolute Gasteiger partial charge is 0.342 e. The fourth-order valence-corrected chi connectivity index (χ4v) is 5.71. The lowest BCUT2D eigenvalue weighted by molar-refractivity contribution is -0.134. The van der Waals surface area contributed by atoms with E-state index in [1.165, 1.54) is 25.7 Å². The zero-order chi connectivity index (χ0) is 18.7. The van der Waals surface area contributed by atoms with Crippen LogP contribution in [0.25, 0.3) is 0 Å². The van der Waals surface area contributed by atoms with Crippen LogP contribution in [0.1, 0.15) is 49.7 Å². The molecule has 1 aliphatic carbocycles. The Hall–Kier alpha value is -1.40. The van der Waals surface area contributed by atoms with Gasteiger partial charge in [0, 0.05) is 26.1 Å². The first-order valence-corrected chi connectivity index (χ1v) is 11.2. The molecule has 1 aliphatic heterocycles. The molecule has 1 saturated carbocycles. The lowest BCUT2D eigenvalue weighted by atomic mass is 9.75. The van der Waals surface area contributed by atoms with Gasteiger partial charge in [-0.25, -0.2) is 13.1 Å². The Morgan fingerprint density at radius 1 is 1.15 bits per heavy atom. The Morgan fingerprint density at radius 3 is 2.65 bits per heavy atom. The van der Waals surface area contributed by atoms with Crippen molar-refractivity contribution in [2.24, 2.45) is 11.8 Å². The second kappa shape index (κ2) is 8.09. The Bertz CT molecular complexity index is 760. The van der Waals surface area contributed by atoms with E-state index in [9.17, 15) is 13.2 Å². The second-order valence-corrected chi connectivity index (χ2v) is 9.59.